The molecule has 2 fully saturated rings. The molecule has 1 aromatic carbocycles. The van der Waals surface area contributed by atoms with E-state index in [9.17, 15) is 9.59 Å². The molecule has 2 aliphatic heterocycles. The van der Waals surface area contributed by atoms with Gasteiger partial charge in [0, 0.05) is 31.0 Å². The fourth-order valence-electron chi connectivity index (χ4n) is 3.63. The van der Waals surface area contributed by atoms with Crippen molar-refractivity contribution in [3.05, 3.63) is 24.0 Å². The molecule has 27 heavy (non-hydrogen) atoms. The summed E-state index contributed by atoms with van der Waals surface area (Å²) in [4.78, 5) is 36.0. The number of anilines is 1. The molecule has 0 atom stereocenters. The molecule has 8 heteroatoms. The van der Waals surface area contributed by atoms with Gasteiger partial charge in [-0.05, 0) is 44.1 Å². The highest BCUT2D eigenvalue weighted by Crippen LogP contribution is 2.20. The minimum atomic E-state index is -0.0768. The first-order valence-electron chi connectivity index (χ1n) is 9.60. The van der Waals surface area contributed by atoms with E-state index in [0.29, 0.717) is 13.0 Å². The molecule has 1 aromatic heterocycles. The van der Waals surface area contributed by atoms with E-state index in [4.69, 9.17) is 0 Å². The molecule has 0 unspecified atom stereocenters. The maximum Gasteiger partial charge on any atom is 0.281 e. The van der Waals surface area contributed by atoms with E-state index < -0.39 is 0 Å². The van der Waals surface area contributed by atoms with E-state index in [0.717, 1.165) is 54.5 Å². The Bertz CT molecular complexity index is 831. The number of rotatable bonds is 6. The Kier molecular flexibility index (Phi) is 5.63. The van der Waals surface area contributed by atoms with Crippen molar-refractivity contribution in [3.8, 4) is 0 Å². The van der Waals surface area contributed by atoms with Crippen LogP contribution in [0.4, 0.5) is 10.5 Å². The highest BCUT2D eigenvalue weighted by atomic mass is 32.2. The minimum absolute atomic E-state index is 0.0721. The molecule has 144 valence electrons. The van der Waals surface area contributed by atoms with Gasteiger partial charge in [0.1, 0.15) is 5.82 Å². The molecule has 0 bridgehead atoms. The molecule has 3 heterocycles. The van der Waals surface area contributed by atoms with Crippen LogP contribution in [-0.2, 0) is 11.3 Å². The Labute approximate surface area is 162 Å². The molecule has 0 saturated carbocycles. The molecular weight excluding hydrogens is 362 g/mol. The molecule has 2 N–H and O–H groups in total. The summed E-state index contributed by atoms with van der Waals surface area (Å²) in [6.07, 6.45) is 4.16. The fourth-order valence-corrected chi connectivity index (χ4v) is 4.48. The third-order valence-corrected chi connectivity index (χ3v) is 5.98. The highest BCUT2D eigenvalue weighted by Gasteiger charge is 2.21. The first-order valence-corrected chi connectivity index (χ1v) is 10.6. The molecule has 0 spiro atoms. The van der Waals surface area contributed by atoms with Crippen molar-refractivity contribution in [3.63, 3.8) is 0 Å². The van der Waals surface area contributed by atoms with Crippen molar-refractivity contribution in [2.24, 2.45) is 0 Å². The smallest absolute Gasteiger partial charge is 0.281 e. The van der Waals surface area contributed by atoms with Crippen molar-refractivity contribution in [2.45, 2.75) is 32.2 Å². The average molecular weight is 388 g/mol. The van der Waals surface area contributed by atoms with Gasteiger partial charge in [-0.2, -0.15) is 0 Å². The lowest BCUT2D eigenvalue weighted by molar-refractivity contribution is -0.116. The number of hydrogen-bond donors (Lipinski definition) is 2. The second kappa shape index (κ2) is 8.31. The third-order valence-electron chi connectivity index (χ3n) is 5.09. The van der Waals surface area contributed by atoms with E-state index >= 15 is 0 Å². The van der Waals surface area contributed by atoms with Crippen molar-refractivity contribution in [1.82, 2.24) is 19.8 Å². The monoisotopic (exact) mass is 387 g/mol. The number of fused-ring (bicyclic) bond motifs is 1. The van der Waals surface area contributed by atoms with Crippen LogP contribution in [0.3, 0.4) is 0 Å². The molecule has 0 radical (unpaired) electrons. The standard InChI is InChI=1S/C19H25N5O2S/c25-18(6-9-24-10-11-27-19(24)26)20-14-4-5-15-16(12-14)22-17(21-15)13-23-7-2-1-3-8-23/h4-5,12H,1-3,6-11,13H2,(H,20,25)(H,21,22). The number of nitrogens with one attached hydrogen (secondary N) is 2. The Hall–Kier alpha value is -2.06. The van der Waals surface area contributed by atoms with E-state index in [1.54, 1.807) is 4.90 Å². The van der Waals surface area contributed by atoms with Crippen molar-refractivity contribution in [1.29, 1.82) is 0 Å². The fraction of sp³-hybridized carbons (Fsp3) is 0.526. The van der Waals surface area contributed by atoms with Gasteiger partial charge in [0.2, 0.25) is 5.91 Å². The molecule has 4 rings (SSSR count). The Morgan fingerprint density at radius 3 is 2.85 bits per heavy atom. The normalized spacial score (nSPS) is 18.4. The second-order valence-electron chi connectivity index (χ2n) is 7.15. The van der Waals surface area contributed by atoms with Crippen LogP contribution >= 0.6 is 11.8 Å². The second-order valence-corrected chi connectivity index (χ2v) is 8.20. The quantitative estimate of drug-likeness (QED) is 0.796. The number of nitrogens with zero attached hydrogens (tertiary/aromatic N) is 3. The number of aromatic nitrogens is 2. The van der Waals surface area contributed by atoms with Gasteiger partial charge in [-0.15, -0.1) is 0 Å². The van der Waals surface area contributed by atoms with Crippen LogP contribution in [0.5, 0.6) is 0 Å². The summed E-state index contributed by atoms with van der Waals surface area (Å²) in [5.74, 6) is 1.71. The predicted molar refractivity (Wildman–Crippen MR) is 108 cm³/mol. The topological polar surface area (TPSA) is 81.3 Å². The number of aromatic amines is 1. The van der Waals surface area contributed by atoms with Crippen LogP contribution in [0.15, 0.2) is 18.2 Å². The minimum Gasteiger partial charge on any atom is -0.341 e. The van der Waals surface area contributed by atoms with Crippen LogP contribution < -0.4 is 5.32 Å². The first-order chi connectivity index (χ1) is 13.2. The number of piperidine rings is 1. The molecular formula is C19H25N5O2S. The number of H-pyrrole nitrogens is 1. The van der Waals surface area contributed by atoms with Gasteiger partial charge in [-0.25, -0.2) is 4.98 Å². The lowest BCUT2D eigenvalue weighted by Crippen LogP contribution is -2.29. The number of amides is 2. The Morgan fingerprint density at radius 1 is 1.22 bits per heavy atom. The summed E-state index contributed by atoms with van der Waals surface area (Å²) >= 11 is 1.32. The van der Waals surface area contributed by atoms with E-state index in [2.05, 4.69) is 20.2 Å². The summed E-state index contributed by atoms with van der Waals surface area (Å²) in [5.41, 5.74) is 2.61. The number of carbonyl (C=O) groups is 2. The lowest BCUT2D eigenvalue weighted by Gasteiger charge is -2.25. The van der Waals surface area contributed by atoms with Crippen LogP contribution in [0.25, 0.3) is 11.0 Å². The molecule has 7 nitrogen and oxygen atoms in total. The molecule has 2 aliphatic rings. The Balaban J connectivity index is 1.34. The van der Waals surface area contributed by atoms with Crippen molar-refractivity contribution in [2.75, 3.05) is 37.2 Å². The number of likely N-dealkylation sites (tertiary alicyclic amines) is 1. The maximum absolute atomic E-state index is 12.2. The Morgan fingerprint density at radius 2 is 2.07 bits per heavy atom. The molecule has 2 amide bonds. The first kappa shape index (κ1) is 18.3. The van der Waals surface area contributed by atoms with Crippen molar-refractivity contribution < 1.29 is 9.59 Å². The predicted octanol–water partition coefficient (Wildman–Crippen LogP) is 3.05. The summed E-state index contributed by atoms with van der Waals surface area (Å²) in [6, 6.07) is 5.74. The lowest BCUT2D eigenvalue weighted by atomic mass is 10.1. The maximum atomic E-state index is 12.2. The van der Waals surface area contributed by atoms with E-state index in [1.165, 1.54) is 31.0 Å². The summed E-state index contributed by atoms with van der Waals surface area (Å²) < 4.78 is 0. The van der Waals surface area contributed by atoms with E-state index in [-0.39, 0.29) is 11.1 Å². The van der Waals surface area contributed by atoms with Crippen LogP contribution in [0, 0.1) is 0 Å². The third kappa shape index (κ3) is 4.62. The van der Waals surface area contributed by atoms with Crippen LogP contribution in [-0.4, -0.2) is 62.8 Å². The zero-order valence-corrected chi connectivity index (χ0v) is 16.2. The highest BCUT2D eigenvalue weighted by molar-refractivity contribution is 8.13. The summed E-state index contributed by atoms with van der Waals surface area (Å²) in [5, 5.41) is 2.99. The summed E-state index contributed by atoms with van der Waals surface area (Å²) in [6.45, 7) is 4.33. The number of benzene rings is 1. The van der Waals surface area contributed by atoms with Gasteiger partial charge in [-0.1, -0.05) is 18.2 Å². The SMILES string of the molecule is O=C(CCN1CCSC1=O)Nc1ccc2nc(CN3CCCCC3)[nH]c2c1. The van der Waals surface area contributed by atoms with Crippen LogP contribution in [0.2, 0.25) is 0 Å². The summed E-state index contributed by atoms with van der Waals surface area (Å²) in [7, 11) is 0. The molecule has 2 aromatic rings. The largest absolute Gasteiger partial charge is 0.341 e. The van der Waals surface area contributed by atoms with Gasteiger partial charge in [0.25, 0.3) is 5.24 Å². The van der Waals surface area contributed by atoms with E-state index in [1.807, 2.05) is 18.2 Å². The molecule has 0 aliphatic carbocycles. The van der Waals surface area contributed by atoms with Gasteiger partial charge in [0.15, 0.2) is 0 Å². The van der Waals surface area contributed by atoms with Crippen molar-refractivity contribution >= 4 is 39.6 Å². The van der Waals surface area contributed by atoms with Gasteiger partial charge in [0.05, 0.1) is 17.6 Å². The average Bonchev–Trinajstić information content (AvgIpc) is 3.25. The van der Waals surface area contributed by atoms with Crippen LogP contribution in [0.1, 0.15) is 31.5 Å². The van der Waals surface area contributed by atoms with Gasteiger partial charge >= 0.3 is 0 Å². The zero-order chi connectivity index (χ0) is 18.6. The number of imidazole rings is 1. The van der Waals surface area contributed by atoms with Gasteiger partial charge in [-0.3, -0.25) is 14.5 Å². The molecule has 2 saturated heterocycles. The number of hydrogen-bond acceptors (Lipinski definition) is 5. The van der Waals surface area contributed by atoms with Gasteiger partial charge < -0.3 is 15.2 Å². The number of thioether (sulfide) groups is 1. The number of carbonyl (C=O) groups excluding carboxylic acids is 2. The zero-order valence-electron chi connectivity index (χ0n) is 15.4.